The van der Waals surface area contributed by atoms with Gasteiger partial charge in [-0.2, -0.15) is 0 Å². The van der Waals surface area contributed by atoms with Gasteiger partial charge in [0.25, 0.3) is 0 Å². The third-order valence-corrected chi connectivity index (χ3v) is 7.67. The van der Waals surface area contributed by atoms with Crippen LogP contribution in [0.5, 0.6) is 0 Å². The summed E-state index contributed by atoms with van der Waals surface area (Å²) in [5, 5.41) is 0. The lowest BCUT2D eigenvalue weighted by atomic mass is 9.95. The summed E-state index contributed by atoms with van der Waals surface area (Å²) in [4.78, 5) is 28.6. The number of halogens is 3. The van der Waals surface area contributed by atoms with E-state index < -0.39 is 17.6 Å². The number of imidazole rings is 1. The van der Waals surface area contributed by atoms with Crippen molar-refractivity contribution in [1.29, 1.82) is 0 Å². The van der Waals surface area contributed by atoms with E-state index in [-0.39, 0.29) is 34.2 Å². The van der Waals surface area contributed by atoms with Gasteiger partial charge in [0.2, 0.25) is 11.8 Å². The smallest absolute Gasteiger partial charge is 0.228 e. The summed E-state index contributed by atoms with van der Waals surface area (Å²) in [6.07, 6.45) is 1.19. The van der Waals surface area contributed by atoms with Crippen molar-refractivity contribution in [3.63, 3.8) is 0 Å². The molecule has 4 rings (SSSR count). The topological polar surface area (TPSA) is 50.5 Å². The SMILES string of the molecule is CN(C)C(=O)C1CCN(C(=O)Cc2c3n(c(=S)n2C)C[C@H](c2c(F)ccc(Br)c2F)C3)C1. The van der Waals surface area contributed by atoms with E-state index >= 15 is 0 Å². The number of likely N-dealkylation sites (tertiary alicyclic amines) is 1. The number of hydrogen-bond donors (Lipinski definition) is 0. The number of benzene rings is 1. The van der Waals surface area contributed by atoms with Gasteiger partial charge in [-0.3, -0.25) is 9.59 Å². The van der Waals surface area contributed by atoms with Crippen molar-refractivity contribution in [3.05, 3.63) is 50.0 Å². The van der Waals surface area contributed by atoms with Crippen molar-refractivity contribution in [1.82, 2.24) is 18.9 Å². The Labute approximate surface area is 198 Å². The predicted octanol–water partition coefficient (Wildman–Crippen LogP) is 3.42. The Balaban J connectivity index is 1.55. The molecule has 32 heavy (non-hydrogen) atoms. The fourth-order valence-electron chi connectivity index (χ4n) is 4.84. The molecule has 172 valence electrons. The summed E-state index contributed by atoms with van der Waals surface area (Å²) in [6, 6.07) is 2.62. The molecule has 2 aliphatic rings. The molecule has 10 heteroatoms. The Morgan fingerprint density at radius 2 is 1.97 bits per heavy atom. The lowest BCUT2D eigenvalue weighted by Crippen LogP contribution is -2.35. The molecule has 0 radical (unpaired) electrons. The van der Waals surface area contributed by atoms with Gasteiger partial charge in [0.1, 0.15) is 11.6 Å². The van der Waals surface area contributed by atoms with Crippen LogP contribution in [0.3, 0.4) is 0 Å². The maximum absolute atomic E-state index is 14.7. The molecule has 2 aromatic rings. The van der Waals surface area contributed by atoms with Crippen molar-refractivity contribution in [2.45, 2.75) is 31.7 Å². The minimum Gasteiger partial charge on any atom is -0.349 e. The summed E-state index contributed by atoms with van der Waals surface area (Å²) < 4.78 is 33.6. The molecule has 2 atom stereocenters. The molecule has 0 bridgehead atoms. The summed E-state index contributed by atoms with van der Waals surface area (Å²) in [6.45, 7) is 1.32. The molecule has 0 saturated carbocycles. The highest BCUT2D eigenvalue weighted by Gasteiger charge is 2.35. The average molecular weight is 527 g/mol. The molecule has 1 fully saturated rings. The molecular formula is C22H25BrF2N4O2S. The highest BCUT2D eigenvalue weighted by molar-refractivity contribution is 9.10. The number of carbonyl (C=O) groups excluding carboxylic acids is 2. The van der Waals surface area contributed by atoms with Gasteiger partial charge in [-0.05, 0) is 53.1 Å². The minimum atomic E-state index is -0.595. The molecule has 0 spiro atoms. The average Bonchev–Trinajstić information content (AvgIpc) is 3.45. The molecule has 1 saturated heterocycles. The van der Waals surface area contributed by atoms with Gasteiger partial charge >= 0.3 is 0 Å². The Morgan fingerprint density at radius 3 is 2.66 bits per heavy atom. The van der Waals surface area contributed by atoms with E-state index in [4.69, 9.17) is 12.2 Å². The van der Waals surface area contributed by atoms with Gasteiger partial charge in [-0.1, -0.05) is 0 Å². The van der Waals surface area contributed by atoms with Crippen LogP contribution >= 0.6 is 28.1 Å². The predicted molar refractivity (Wildman–Crippen MR) is 122 cm³/mol. The number of hydrogen-bond acceptors (Lipinski definition) is 3. The first kappa shape index (κ1) is 23.1. The molecular weight excluding hydrogens is 502 g/mol. The van der Waals surface area contributed by atoms with Crippen molar-refractivity contribution >= 4 is 40.0 Å². The van der Waals surface area contributed by atoms with E-state index in [1.807, 2.05) is 16.2 Å². The summed E-state index contributed by atoms with van der Waals surface area (Å²) >= 11 is 8.70. The molecule has 0 aliphatic carbocycles. The van der Waals surface area contributed by atoms with Gasteiger partial charge in [0.15, 0.2) is 4.77 Å². The highest BCUT2D eigenvalue weighted by Crippen LogP contribution is 2.37. The third-order valence-electron chi connectivity index (χ3n) is 6.56. The normalized spacial score (nSPS) is 20.0. The number of rotatable bonds is 4. The van der Waals surface area contributed by atoms with Crippen LogP contribution in [-0.4, -0.2) is 57.9 Å². The standard InChI is InChI=1S/C22H25BrF2N4O2S/c1-26(2)21(31)12-6-7-28(10-12)18(30)9-16-17-8-13(11-29(17)22(32)27(16)3)19-15(24)5-4-14(23)20(19)25/h4-5,12-13H,6-11H2,1-3H3/t12?,13-/m1/s1. The van der Waals surface area contributed by atoms with Gasteiger partial charge < -0.3 is 18.9 Å². The third kappa shape index (κ3) is 3.91. The summed E-state index contributed by atoms with van der Waals surface area (Å²) in [7, 11) is 5.25. The number of fused-ring (bicyclic) bond motifs is 1. The van der Waals surface area contributed by atoms with Crippen molar-refractivity contribution in [2.75, 3.05) is 27.2 Å². The van der Waals surface area contributed by atoms with Crippen LogP contribution in [-0.2, 0) is 36.0 Å². The Bertz CT molecular complexity index is 1160. The second-order valence-electron chi connectivity index (χ2n) is 8.74. The van der Waals surface area contributed by atoms with Crippen LogP contribution in [0.25, 0.3) is 0 Å². The summed E-state index contributed by atoms with van der Waals surface area (Å²) in [5.41, 5.74) is 1.65. The maximum Gasteiger partial charge on any atom is 0.228 e. The van der Waals surface area contributed by atoms with Gasteiger partial charge in [0.05, 0.1) is 16.8 Å². The van der Waals surface area contributed by atoms with E-state index in [9.17, 15) is 18.4 Å². The fraction of sp³-hybridized carbons (Fsp3) is 0.500. The van der Waals surface area contributed by atoms with Crippen molar-refractivity contribution < 1.29 is 18.4 Å². The Hall–Kier alpha value is -2.07. The first-order chi connectivity index (χ1) is 15.1. The molecule has 2 amide bonds. The second kappa shape index (κ2) is 8.70. The molecule has 1 aromatic heterocycles. The van der Waals surface area contributed by atoms with Crippen LogP contribution < -0.4 is 0 Å². The second-order valence-corrected chi connectivity index (χ2v) is 9.96. The fourth-order valence-corrected chi connectivity index (χ4v) is 5.48. The van der Waals surface area contributed by atoms with Gasteiger partial charge in [-0.25, -0.2) is 8.78 Å². The van der Waals surface area contributed by atoms with E-state index in [0.29, 0.717) is 37.2 Å². The van der Waals surface area contributed by atoms with E-state index in [1.165, 1.54) is 12.1 Å². The van der Waals surface area contributed by atoms with Gasteiger partial charge in [-0.15, -0.1) is 0 Å². The molecule has 1 aromatic carbocycles. The van der Waals surface area contributed by atoms with Crippen LogP contribution in [0.4, 0.5) is 8.78 Å². The largest absolute Gasteiger partial charge is 0.349 e. The van der Waals surface area contributed by atoms with Crippen LogP contribution in [0.2, 0.25) is 0 Å². The molecule has 0 N–H and O–H groups in total. The van der Waals surface area contributed by atoms with Crippen molar-refractivity contribution in [2.24, 2.45) is 13.0 Å². The number of aromatic nitrogens is 2. The van der Waals surface area contributed by atoms with E-state index in [0.717, 1.165) is 11.4 Å². The number of carbonyl (C=O) groups is 2. The zero-order valence-electron chi connectivity index (χ0n) is 18.2. The van der Waals surface area contributed by atoms with Crippen LogP contribution in [0.1, 0.15) is 29.3 Å². The number of nitrogens with zero attached hydrogens (tertiary/aromatic N) is 4. The van der Waals surface area contributed by atoms with Crippen LogP contribution in [0.15, 0.2) is 16.6 Å². The lowest BCUT2D eigenvalue weighted by molar-refractivity contribution is -0.133. The zero-order valence-corrected chi connectivity index (χ0v) is 20.6. The minimum absolute atomic E-state index is 0.0318. The molecule has 2 aliphatic heterocycles. The Morgan fingerprint density at radius 1 is 1.25 bits per heavy atom. The monoisotopic (exact) mass is 526 g/mol. The quantitative estimate of drug-likeness (QED) is 0.453. The Kier molecular flexibility index (Phi) is 6.28. The van der Waals surface area contributed by atoms with E-state index in [1.54, 1.807) is 23.9 Å². The van der Waals surface area contributed by atoms with E-state index in [2.05, 4.69) is 15.9 Å². The lowest BCUT2D eigenvalue weighted by Gasteiger charge is -2.19. The molecule has 3 heterocycles. The van der Waals surface area contributed by atoms with Crippen LogP contribution in [0, 0.1) is 22.3 Å². The first-order valence-electron chi connectivity index (χ1n) is 10.5. The first-order valence-corrected chi connectivity index (χ1v) is 11.7. The molecule has 1 unspecified atom stereocenters. The molecule has 6 nitrogen and oxygen atoms in total. The summed E-state index contributed by atoms with van der Waals surface area (Å²) in [5.74, 6) is -1.78. The van der Waals surface area contributed by atoms with Crippen molar-refractivity contribution in [3.8, 4) is 0 Å². The zero-order chi connectivity index (χ0) is 23.3. The number of amides is 2. The maximum atomic E-state index is 14.7. The van der Waals surface area contributed by atoms with Gasteiger partial charge in [0, 0.05) is 63.6 Å². The highest BCUT2D eigenvalue weighted by atomic mass is 79.9.